The molecule has 0 unspecified atom stereocenters. The van der Waals surface area contributed by atoms with Crippen molar-refractivity contribution in [1.29, 1.82) is 0 Å². The zero-order chi connectivity index (χ0) is 34.2. The molecule has 4 amide bonds. The number of benzene rings is 1. The van der Waals surface area contributed by atoms with E-state index in [9.17, 15) is 28.8 Å². The quantitative estimate of drug-likeness (QED) is 0.0295. The molecule has 250 valence electrons. The number of aromatic amines is 1. The molecule has 0 bridgehead atoms. The molecule has 3 rings (SSSR count). The van der Waals surface area contributed by atoms with E-state index in [1.165, 1.54) is 6.20 Å². The number of H-pyrrole nitrogens is 1. The van der Waals surface area contributed by atoms with Crippen LogP contribution in [0.1, 0.15) is 41.7 Å². The van der Waals surface area contributed by atoms with Gasteiger partial charge >= 0.3 is 0 Å². The molecule has 0 radical (unpaired) electrons. The van der Waals surface area contributed by atoms with Gasteiger partial charge in [-0.25, -0.2) is 9.97 Å². The van der Waals surface area contributed by atoms with Gasteiger partial charge in [-0.3, -0.25) is 33.9 Å². The number of nitrogens with two attached hydrogens (primary N) is 3. The molecule has 1 aromatic carbocycles. The lowest BCUT2D eigenvalue weighted by molar-refractivity contribution is -0.130. The second kappa shape index (κ2) is 18.0. The Morgan fingerprint density at radius 2 is 1.77 bits per heavy atom. The number of amides is 4. The number of aldehydes is 1. The summed E-state index contributed by atoms with van der Waals surface area (Å²) in [5.41, 5.74) is 17.4. The molecule has 0 spiro atoms. The Hall–Kier alpha value is -6.14. The second-order valence-electron chi connectivity index (χ2n) is 10.0. The molecule has 19 nitrogen and oxygen atoms in total. The first-order valence-electron chi connectivity index (χ1n) is 14.5. The lowest BCUT2D eigenvalue weighted by Crippen LogP contribution is -2.49. The van der Waals surface area contributed by atoms with Gasteiger partial charge in [0.1, 0.15) is 12.3 Å². The monoisotopic (exact) mass is 651 g/mol. The van der Waals surface area contributed by atoms with Crippen LogP contribution in [0.4, 0.5) is 11.6 Å². The number of guanidine groups is 1. The highest BCUT2D eigenvalue weighted by atomic mass is 16.2. The molecule has 0 aliphatic carbocycles. The largest absolute Gasteiger partial charge is 0.379 e. The number of aliphatic imine (C=N–C) groups is 1. The minimum Gasteiger partial charge on any atom is -0.379 e. The fraction of sp³-hybridized carbons (Fsp3) is 0.357. The molecule has 0 saturated heterocycles. The van der Waals surface area contributed by atoms with E-state index in [-0.39, 0.29) is 74.5 Å². The number of carbonyl (C=O) groups is 5. The summed E-state index contributed by atoms with van der Waals surface area (Å²) < 4.78 is 0. The van der Waals surface area contributed by atoms with Crippen molar-refractivity contribution in [3.63, 3.8) is 0 Å². The van der Waals surface area contributed by atoms with Crippen LogP contribution >= 0.6 is 0 Å². The van der Waals surface area contributed by atoms with Crippen molar-refractivity contribution in [3.8, 4) is 0 Å². The summed E-state index contributed by atoms with van der Waals surface area (Å²) in [6.07, 6.45) is 2.95. The van der Waals surface area contributed by atoms with Crippen molar-refractivity contribution in [3.05, 3.63) is 52.1 Å². The molecule has 0 aliphatic heterocycles. The number of anilines is 2. The standard InChI is InChI=1S/C28H37N13O6/c29-27(30)34-10-1-3-19(25(46)33-11-12-42)39-21(44)15-36-20(43)4-2-9-32-24(45)16-5-7-17(8-6-16)35-13-18-14-37-23-22(38-18)26(47)41-28(31)40-23/h5-8,12,14,19,35H,1-4,9-11,13,15H2,(H,32,45)(H,33,46)(H,36,43)(H,39,44)(H4,29,30,34)(H3,31,37,40,41,47)/t19-/m0/s1. The van der Waals surface area contributed by atoms with E-state index in [1.54, 1.807) is 24.3 Å². The van der Waals surface area contributed by atoms with Gasteiger partial charge in [-0.2, -0.15) is 4.98 Å². The summed E-state index contributed by atoms with van der Waals surface area (Å²) in [4.78, 5) is 90.4. The summed E-state index contributed by atoms with van der Waals surface area (Å²) in [5, 5.41) is 13.2. The molecule has 2 aromatic heterocycles. The molecule has 12 N–H and O–H groups in total. The third kappa shape index (κ3) is 12.0. The minimum atomic E-state index is -0.946. The topological polar surface area (TPSA) is 307 Å². The summed E-state index contributed by atoms with van der Waals surface area (Å²) >= 11 is 0. The van der Waals surface area contributed by atoms with E-state index in [2.05, 4.69) is 51.5 Å². The predicted octanol–water partition coefficient (Wildman–Crippen LogP) is -2.61. The third-order valence-electron chi connectivity index (χ3n) is 6.38. The number of carbonyl (C=O) groups excluding carboxylic acids is 5. The van der Waals surface area contributed by atoms with Crippen LogP contribution in [0.5, 0.6) is 0 Å². The molecule has 0 aliphatic rings. The van der Waals surface area contributed by atoms with E-state index in [0.717, 1.165) is 0 Å². The lowest BCUT2D eigenvalue weighted by atomic mass is 10.1. The number of nitrogens with one attached hydrogen (secondary N) is 6. The molecular formula is C28H37N13O6. The fourth-order valence-electron chi connectivity index (χ4n) is 4.09. The van der Waals surface area contributed by atoms with Crippen molar-refractivity contribution < 1.29 is 24.0 Å². The summed E-state index contributed by atoms with van der Waals surface area (Å²) in [6, 6.07) is 5.71. The Morgan fingerprint density at radius 1 is 1.00 bits per heavy atom. The number of hydrogen-bond acceptors (Lipinski definition) is 12. The van der Waals surface area contributed by atoms with Gasteiger partial charge < -0.3 is 48.6 Å². The number of rotatable bonds is 18. The lowest BCUT2D eigenvalue weighted by Gasteiger charge is -2.17. The maximum absolute atomic E-state index is 12.5. The molecule has 0 fully saturated rings. The number of nitrogen functional groups attached to an aromatic ring is 1. The molecule has 19 heteroatoms. The molecule has 0 saturated carbocycles. The SMILES string of the molecule is NC(N)=NCCC[C@H](NC(=O)CNC(=O)CCCNC(=O)c1ccc(NCc2cnc3nc(N)[nH]c(=O)c3n2)cc1)C(=O)NCC=O. The molecule has 1 atom stereocenters. The Morgan fingerprint density at radius 3 is 2.49 bits per heavy atom. The van der Waals surface area contributed by atoms with Crippen LogP contribution < -0.4 is 49.3 Å². The zero-order valence-electron chi connectivity index (χ0n) is 25.4. The Kier molecular flexibility index (Phi) is 13.5. The van der Waals surface area contributed by atoms with Crippen LogP contribution in [0.3, 0.4) is 0 Å². The van der Waals surface area contributed by atoms with Gasteiger partial charge in [0, 0.05) is 30.8 Å². The maximum atomic E-state index is 12.5. The van der Waals surface area contributed by atoms with Gasteiger partial charge in [-0.05, 0) is 43.5 Å². The van der Waals surface area contributed by atoms with Gasteiger partial charge in [0.15, 0.2) is 17.1 Å². The van der Waals surface area contributed by atoms with E-state index in [4.69, 9.17) is 17.2 Å². The second-order valence-corrected chi connectivity index (χ2v) is 10.0. The highest BCUT2D eigenvalue weighted by Crippen LogP contribution is 2.12. The van der Waals surface area contributed by atoms with E-state index in [1.807, 2.05) is 0 Å². The number of fused-ring (bicyclic) bond motifs is 1. The van der Waals surface area contributed by atoms with Crippen LogP contribution in [0.2, 0.25) is 0 Å². The maximum Gasteiger partial charge on any atom is 0.280 e. The summed E-state index contributed by atoms with van der Waals surface area (Å²) in [6.45, 7) is 0.148. The average molecular weight is 652 g/mol. The summed E-state index contributed by atoms with van der Waals surface area (Å²) in [5.74, 6) is -2.04. The highest BCUT2D eigenvalue weighted by Gasteiger charge is 2.20. The predicted molar refractivity (Wildman–Crippen MR) is 172 cm³/mol. The first-order chi connectivity index (χ1) is 22.5. The van der Waals surface area contributed by atoms with Crippen LogP contribution in [0, 0.1) is 0 Å². The minimum absolute atomic E-state index is 0.0452. The van der Waals surface area contributed by atoms with Crippen molar-refractivity contribution in [2.75, 3.05) is 37.2 Å². The molecule has 47 heavy (non-hydrogen) atoms. The zero-order valence-corrected chi connectivity index (χ0v) is 25.4. The average Bonchev–Trinajstić information content (AvgIpc) is 3.05. The first kappa shape index (κ1) is 35.3. The van der Waals surface area contributed by atoms with Crippen molar-refractivity contribution >= 4 is 58.7 Å². The van der Waals surface area contributed by atoms with Gasteiger partial charge in [0.25, 0.3) is 11.5 Å². The van der Waals surface area contributed by atoms with Crippen molar-refractivity contribution in [2.24, 2.45) is 16.5 Å². The number of nitrogens with zero attached hydrogens (tertiary/aromatic N) is 4. The van der Waals surface area contributed by atoms with Gasteiger partial charge in [-0.1, -0.05) is 0 Å². The van der Waals surface area contributed by atoms with Crippen molar-refractivity contribution in [1.82, 2.24) is 41.2 Å². The van der Waals surface area contributed by atoms with Crippen LogP contribution in [-0.4, -0.2) is 88.0 Å². The smallest absolute Gasteiger partial charge is 0.280 e. The summed E-state index contributed by atoms with van der Waals surface area (Å²) in [7, 11) is 0. The normalized spacial score (nSPS) is 11.1. The Bertz CT molecular complexity index is 1650. The first-order valence-corrected chi connectivity index (χ1v) is 14.5. The Labute approximate surface area is 268 Å². The van der Waals surface area contributed by atoms with Gasteiger partial charge in [-0.15, -0.1) is 0 Å². The number of aromatic nitrogens is 4. The molecule has 2 heterocycles. The van der Waals surface area contributed by atoms with Gasteiger partial charge in [0.2, 0.25) is 23.7 Å². The van der Waals surface area contributed by atoms with Crippen LogP contribution in [0.25, 0.3) is 11.2 Å². The van der Waals surface area contributed by atoms with Crippen LogP contribution in [0.15, 0.2) is 40.2 Å². The fourth-order valence-corrected chi connectivity index (χ4v) is 4.09. The van der Waals surface area contributed by atoms with E-state index >= 15 is 0 Å². The number of hydrogen-bond donors (Lipinski definition) is 9. The molecular weight excluding hydrogens is 614 g/mol. The Balaban J connectivity index is 1.35. The highest BCUT2D eigenvalue weighted by molar-refractivity contribution is 5.94. The third-order valence-corrected chi connectivity index (χ3v) is 6.38. The van der Waals surface area contributed by atoms with Crippen molar-refractivity contribution in [2.45, 2.75) is 38.3 Å². The van der Waals surface area contributed by atoms with E-state index < -0.39 is 29.3 Å². The van der Waals surface area contributed by atoms with Gasteiger partial charge in [0.05, 0.1) is 31.5 Å². The van der Waals surface area contributed by atoms with Crippen LogP contribution in [-0.2, 0) is 25.7 Å². The van der Waals surface area contributed by atoms with E-state index in [0.29, 0.717) is 36.1 Å². The molecule has 3 aromatic rings.